The molecular formula is C20H23NO4. The van der Waals surface area contributed by atoms with Gasteiger partial charge in [-0.15, -0.1) is 0 Å². The number of amides is 1. The molecule has 2 aromatic rings. The van der Waals surface area contributed by atoms with Gasteiger partial charge in [-0.25, -0.2) is 0 Å². The number of phenolic OH excluding ortho intramolecular Hbond substituents is 1. The summed E-state index contributed by atoms with van der Waals surface area (Å²) in [6.45, 7) is 1.77. The van der Waals surface area contributed by atoms with Crippen LogP contribution in [-0.2, 0) is 4.74 Å². The summed E-state index contributed by atoms with van der Waals surface area (Å²) in [6.07, 6.45) is 2.02. The van der Waals surface area contributed by atoms with Crippen LogP contribution in [0.4, 0.5) is 0 Å². The fourth-order valence-corrected chi connectivity index (χ4v) is 2.81. The Bertz CT molecular complexity index is 664. The van der Waals surface area contributed by atoms with Crippen LogP contribution in [0, 0.1) is 5.92 Å². The zero-order valence-electron chi connectivity index (χ0n) is 14.1. The normalized spacial score (nSPS) is 20.0. The van der Waals surface area contributed by atoms with Gasteiger partial charge < -0.3 is 19.9 Å². The number of para-hydroxylation sites is 1. The van der Waals surface area contributed by atoms with Crippen LogP contribution in [0.3, 0.4) is 0 Å². The van der Waals surface area contributed by atoms with Gasteiger partial charge in [-0.05, 0) is 55.2 Å². The van der Waals surface area contributed by atoms with E-state index in [1.165, 1.54) is 12.1 Å². The summed E-state index contributed by atoms with van der Waals surface area (Å²) in [5, 5.41) is 12.2. The van der Waals surface area contributed by atoms with Crippen molar-refractivity contribution in [3.05, 3.63) is 60.2 Å². The van der Waals surface area contributed by atoms with Crippen LogP contribution in [0.5, 0.6) is 11.5 Å². The van der Waals surface area contributed by atoms with Gasteiger partial charge in [-0.3, -0.25) is 4.79 Å². The first-order valence-electron chi connectivity index (χ1n) is 8.57. The first-order chi connectivity index (χ1) is 12.2. The smallest absolute Gasteiger partial charge is 0.251 e. The third kappa shape index (κ3) is 5.22. The summed E-state index contributed by atoms with van der Waals surface area (Å²) in [6, 6.07) is 16.0. The summed E-state index contributed by atoms with van der Waals surface area (Å²) in [5.41, 5.74) is 0.545. The van der Waals surface area contributed by atoms with Crippen molar-refractivity contribution in [3.8, 4) is 11.5 Å². The van der Waals surface area contributed by atoms with Crippen molar-refractivity contribution < 1.29 is 19.4 Å². The van der Waals surface area contributed by atoms with Crippen molar-refractivity contribution in [3.63, 3.8) is 0 Å². The minimum atomic E-state index is -0.130. The van der Waals surface area contributed by atoms with Crippen LogP contribution >= 0.6 is 0 Å². The fraction of sp³-hybridized carbons (Fsp3) is 0.350. The van der Waals surface area contributed by atoms with Crippen LogP contribution in [0.15, 0.2) is 54.6 Å². The van der Waals surface area contributed by atoms with Gasteiger partial charge in [0, 0.05) is 12.1 Å². The van der Waals surface area contributed by atoms with Crippen LogP contribution < -0.4 is 10.1 Å². The van der Waals surface area contributed by atoms with Gasteiger partial charge in [0.05, 0.1) is 12.7 Å². The number of hydrogen-bond acceptors (Lipinski definition) is 4. The second kappa shape index (κ2) is 8.53. The van der Waals surface area contributed by atoms with Crippen LogP contribution in [0.2, 0.25) is 0 Å². The maximum Gasteiger partial charge on any atom is 0.251 e. The van der Waals surface area contributed by atoms with E-state index in [9.17, 15) is 9.90 Å². The summed E-state index contributed by atoms with van der Waals surface area (Å²) >= 11 is 0. The van der Waals surface area contributed by atoms with Gasteiger partial charge in [0.1, 0.15) is 18.1 Å². The minimum Gasteiger partial charge on any atom is -0.508 e. The SMILES string of the molecule is O=C(NC[C@H]1CC[C@@H](COc2ccccc2)OC1)c1ccc(O)cc1. The Kier molecular flexibility index (Phi) is 5.90. The van der Waals surface area contributed by atoms with Crippen molar-refractivity contribution in [2.45, 2.75) is 18.9 Å². The maximum atomic E-state index is 12.1. The number of hydrogen-bond donors (Lipinski definition) is 2. The number of phenols is 1. The molecule has 1 fully saturated rings. The number of nitrogens with one attached hydrogen (secondary N) is 1. The van der Waals surface area contributed by atoms with E-state index in [1.807, 2.05) is 30.3 Å². The molecule has 1 heterocycles. The molecule has 1 aliphatic rings. The van der Waals surface area contributed by atoms with Crippen molar-refractivity contribution in [2.24, 2.45) is 5.92 Å². The Morgan fingerprint density at radius 1 is 1.12 bits per heavy atom. The third-order valence-corrected chi connectivity index (χ3v) is 4.32. The highest BCUT2D eigenvalue weighted by Crippen LogP contribution is 2.20. The number of ether oxygens (including phenoxy) is 2. The summed E-state index contributed by atoms with van der Waals surface area (Å²) in [7, 11) is 0. The predicted molar refractivity (Wildman–Crippen MR) is 94.8 cm³/mol. The molecule has 0 saturated carbocycles. The van der Waals surface area contributed by atoms with Gasteiger partial charge in [0.25, 0.3) is 5.91 Å². The molecule has 2 N–H and O–H groups in total. The summed E-state index contributed by atoms with van der Waals surface area (Å²) in [4.78, 5) is 12.1. The molecule has 0 radical (unpaired) electrons. The lowest BCUT2D eigenvalue weighted by Gasteiger charge is -2.29. The van der Waals surface area contributed by atoms with Crippen LogP contribution in [0.25, 0.3) is 0 Å². The zero-order valence-corrected chi connectivity index (χ0v) is 14.1. The van der Waals surface area contributed by atoms with E-state index >= 15 is 0 Å². The molecule has 1 amide bonds. The number of benzene rings is 2. The lowest BCUT2D eigenvalue weighted by atomic mass is 9.98. The number of carbonyl (C=O) groups is 1. The van der Waals surface area contributed by atoms with Crippen LogP contribution in [0.1, 0.15) is 23.2 Å². The zero-order chi connectivity index (χ0) is 17.5. The average molecular weight is 341 g/mol. The van der Waals surface area contributed by atoms with E-state index in [1.54, 1.807) is 12.1 Å². The summed E-state index contributed by atoms with van der Waals surface area (Å²) < 4.78 is 11.6. The second-order valence-corrected chi connectivity index (χ2v) is 6.28. The number of carbonyl (C=O) groups excluding carboxylic acids is 1. The molecule has 0 aromatic heterocycles. The molecule has 1 saturated heterocycles. The molecule has 5 nitrogen and oxygen atoms in total. The van der Waals surface area contributed by atoms with E-state index in [4.69, 9.17) is 9.47 Å². The van der Waals surface area contributed by atoms with Crippen molar-refractivity contribution in [2.75, 3.05) is 19.8 Å². The van der Waals surface area contributed by atoms with Gasteiger partial charge in [0.15, 0.2) is 0 Å². The minimum absolute atomic E-state index is 0.101. The van der Waals surface area contributed by atoms with E-state index in [0.29, 0.717) is 31.2 Å². The largest absolute Gasteiger partial charge is 0.508 e. The highest BCUT2D eigenvalue weighted by atomic mass is 16.5. The molecule has 0 bridgehead atoms. The Morgan fingerprint density at radius 2 is 1.88 bits per heavy atom. The van der Waals surface area contributed by atoms with E-state index in [0.717, 1.165) is 18.6 Å². The summed E-state index contributed by atoms with van der Waals surface area (Å²) in [5.74, 6) is 1.19. The molecule has 2 aromatic carbocycles. The Balaban J connectivity index is 1.36. The molecule has 0 unspecified atom stereocenters. The second-order valence-electron chi connectivity index (χ2n) is 6.28. The Hall–Kier alpha value is -2.53. The van der Waals surface area contributed by atoms with E-state index < -0.39 is 0 Å². The molecule has 0 aliphatic carbocycles. The average Bonchev–Trinajstić information content (AvgIpc) is 2.67. The molecule has 0 spiro atoms. The topological polar surface area (TPSA) is 67.8 Å². The van der Waals surface area contributed by atoms with Gasteiger partial charge in [0.2, 0.25) is 0 Å². The van der Waals surface area contributed by atoms with Gasteiger partial charge in [-0.2, -0.15) is 0 Å². The molecule has 1 aliphatic heterocycles. The standard InChI is InChI=1S/C20H23NO4/c22-17-9-7-16(8-10-17)20(23)21-12-15-6-11-19(24-13-15)14-25-18-4-2-1-3-5-18/h1-5,7-10,15,19,22H,6,11-14H2,(H,21,23)/t15-,19+/m1/s1. The van der Waals surface area contributed by atoms with Crippen molar-refractivity contribution >= 4 is 5.91 Å². The van der Waals surface area contributed by atoms with Crippen molar-refractivity contribution in [1.29, 1.82) is 0 Å². The third-order valence-electron chi connectivity index (χ3n) is 4.32. The lowest BCUT2D eigenvalue weighted by Crippen LogP contribution is -2.37. The molecular weight excluding hydrogens is 318 g/mol. The van der Waals surface area contributed by atoms with Crippen LogP contribution in [-0.4, -0.2) is 36.9 Å². The first-order valence-corrected chi connectivity index (χ1v) is 8.57. The maximum absolute atomic E-state index is 12.1. The lowest BCUT2D eigenvalue weighted by molar-refractivity contribution is -0.0365. The molecule has 2 atom stereocenters. The number of rotatable bonds is 6. The van der Waals surface area contributed by atoms with E-state index in [2.05, 4.69) is 5.32 Å². The fourth-order valence-electron chi connectivity index (χ4n) is 2.81. The Morgan fingerprint density at radius 3 is 2.56 bits per heavy atom. The predicted octanol–water partition coefficient (Wildman–Crippen LogP) is 3.00. The molecule has 5 heteroatoms. The van der Waals surface area contributed by atoms with E-state index in [-0.39, 0.29) is 17.8 Å². The highest BCUT2D eigenvalue weighted by Gasteiger charge is 2.22. The van der Waals surface area contributed by atoms with Crippen molar-refractivity contribution in [1.82, 2.24) is 5.32 Å². The quantitative estimate of drug-likeness (QED) is 0.847. The van der Waals surface area contributed by atoms with Gasteiger partial charge in [-0.1, -0.05) is 18.2 Å². The monoisotopic (exact) mass is 341 g/mol. The molecule has 132 valence electrons. The Labute approximate surface area is 147 Å². The molecule has 3 rings (SSSR count). The number of aromatic hydroxyl groups is 1. The highest BCUT2D eigenvalue weighted by molar-refractivity contribution is 5.94. The van der Waals surface area contributed by atoms with Gasteiger partial charge >= 0.3 is 0 Å². The molecule has 25 heavy (non-hydrogen) atoms. The first kappa shape index (κ1) is 17.3.